The molecule has 1 unspecified atom stereocenters. The molecule has 0 saturated carbocycles. The van der Waals surface area contributed by atoms with Crippen molar-refractivity contribution < 1.29 is 24.9 Å². The van der Waals surface area contributed by atoms with E-state index in [1.54, 1.807) is 11.9 Å². The van der Waals surface area contributed by atoms with E-state index in [-0.39, 0.29) is 5.69 Å². The molecule has 1 aromatic rings. The molecule has 0 radical (unpaired) electrons. The smallest absolute Gasteiger partial charge is 0.276 e. The number of nitrogens with two attached hydrogens (primary N) is 1. The minimum atomic E-state index is -1.25. The molecule has 3 heterocycles. The molecule has 2 aliphatic heterocycles. The number of imidazole rings is 1. The Balaban J connectivity index is 2.00. The number of aliphatic hydroxyl groups is 3. The molecule has 1 saturated heterocycles. The lowest BCUT2D eigenvalue weighted by atomic mass is 10.1. The lowest BCUT2D eigenvalue weighted by molar-refractivity contribution is -0.0522. The first-order chi connectivity index (χ1) is 9.95. The van der Waals surface area contributed by atoms with E-state index in [9.17, 15) is 15.0 Å². The van der Waals surface area contributed by atoms with Crippen molar-refractivity contribution in [3.8, 4) is 0 Å². The summed E-state index contributed by atoms with van der Waals surface area (Å²) in [4.78, 5) is 17.4. The Morgan fingerprint density at radius 1 is 1.48 bits per heavy atom. The van der Waals surface area contributed by atoms with Gasteiger partial charge in [0.15, 0.2) is 18.2 Å². The van der Waals surface area contributed by atoms with Crippen LogP contribution in [0, 0.1) is 0 Å². The largest absolute Gasteiger partial charge is 0.394 e. The summed E-state index contributed by atoms with van der Waals surface area (Å²) >= 11 is 0. The first-order valence-electron chi connectivity index (χ1n) is 6.44. The average molecular weight is 299 g/mol. The Hall–Kier alpha value is -1.72. The molecule has 0 aliphatic carbocycles. The molecule has 0 bridgehead atoms. The van der Waals surface area contributed by atoms with Gasteiger partial charge in [0, 0.05) is 7.05 Å². The fourth-order valence-corrected chi connectivity index (χ4v) is 2.59. The number of nitrogens with one attached hydrogen (secondary N) is 1. The third-order valence-electron chi connectivity index (χ3n) is 3.80. The van der Waals surface area contributed by atoms with Gasteiger partial charge in [0.05, 0.1) is 12.9 Å². The summed E-state index contributed by atoms with van der Waals surface area (Å²) in [5.74, 6) is -0.0535. The highest BCUT2D eigenvalue weighted by Gasteiger charge is 2.45. The monoisotopic (exact) mass is 299 g/mol. The van der Waals surface area contributed by atoms with Crippen LogP contribution in [0.5, 0.6) is 0 Å². The van der Waals surface area contributed by atoms with Crippen LogP contribution in [-0.2, 0) is 4.74 Å². The van der Waals surface area contributed by atoms with Crippen LogP contribution in [0.3, 0.4) is 0 Å². The van der Waals surface area contributed by atoms with Gasteiger partial charge in [0.1, 0.15) is 24.1 Å². The van der Waals surface area contributed by atoms with E-state index in [1.807, 2.05) is 0 Å². The second kappa shape index (κ2) is 4.93. The van der Waals surface area contributed by atoms with Gasteiger partial charge in [-0.2, -0.15) is 0 Å². The van der Waals surface area contributed by atoms with Gasteiger partial charge >= 0.3 is 0 Å². The van der Waals surface area contributed by atoms with Crippen LogP contribution in [0.1, 0.15) is 16.7 Å². The molecule has 1 fully saturated rings. The second-order valence-corrected chi connectivity index (χ2v) is 5.08. The highest BCUT2D eigenvalue weighted by molar-refractivity contribution is 5.99. The molecule has 0 spiro atoms. The zero-order valence-corrected chi connectivity index (χ0v) is 11.2. The quantitative estimate of drug-likeness (QED) is 0.386. The fraction of sp³-hybridized carbons (Fsp3) is 0.636. The van der Waals surface area contributed by atoms with E-state index in [1.165, 1.54) is 10.9 Å². The first kappa shape index (κ1) is 14.2. The third kappa shape index (κ3) is 2.00. The molecule has 21 heavy (non-hydrogen) atoms. The number of anilines is 1. The van der Waals surface area contributed by atoms with Crippen molar-refractivity contribution in [3.05, 3.63) is 12.0 Å². The number of ether oxygens (including phenoxy) is 1. The predicted octanol–water partition coefficient (Wildman–Crippen LogP) is -3.08. The standard InChI is InChI=1S/C11H17N5O5/c1-15-9-5(8(20)14-11(15)12)13-3-16(9)10-7(19)6(18)4(2-17)21-10/h3-4,6-7,10-11,17-19H,2,12H2,1H3,(H,14,20)/t4-,6-,7-,10-,11?/m1/s1. The van der Waals surface area contributed by atoms with Crippen LogP contribution in [0.2, 0.25) is 0 Å². The predicted molar refractivity (Wildman–Crippen MR) is 69.1 cm³/mol. The van der Waals surface area contributed by atoms with Gasteiger partial charge in [0.2, 0.25) is 0 Å². The maximum atomic E-state index is 11.8. The Kier molecular flexibility index (Phi) is 3.34. The van der Waals surface area contributed by atoms with Gasteiger partial charge < -0.3 is 30.3 Å². The molecule has 3 rings (SSSR count). The molecular formula is C11H17N5O5. The minimum absolute atomic E-state index is 0.150. The summed E-state index contributed by atoms with van der Waals surface area (Å²) in [6.45, 7) is -0.429. The van der Waals surface area contributed by atoms with Gasteiger partial charge in [-0.15, -0.1) is 0 Å². The van der Waals surface area contributed by atoms with Crippen LogP contribution in [0.15, 0.2) is 6.33 Å². The number of fused-ring (bicyclic) bond motifs is 1. The number of aromatic nitrogens is 2. The highest BCUT2D eigenvalue weighted by atomic mass is 16.6. The summed E-state index contributed by atoms with van der Waals surface area (Å²) in [6.07, 6.45) is -3.76. The minimum Gasteiger partial charge on any atom is -0.394 e. The number of hydrogen-bond acceptors (Lipinski definition) is 8. The van der Waals surface area contributed by atoms with Crippen molar-refractivity contribution in [1.82, 2.24) is 14.9 Å². The SMILES string of the molecule is CN1c2c(ncn2[C@@H]2O[C@H](CO)[C@@H](O)[C@H]2O)C(=O)NC1N. The van der Waals surface area contributed by atoms with E-state index >= 15 is 0 Å². The van der Waals surface area contributed by atoms with Crippen LogP contribution in [0.25, 0.3) is 0 Å². The number of carbonyl (C=O) groups excluding carboxylic acids is 1. The molecule has 0 aromatic carbocycles. The number of hydrogen-bond donors (Lipinski definition) is 5. The molecule has 10 nitrogen and oxygen atoms in total. The fourth-order valence-electron chi connectivity index (χ4n) is 2.59. The van der Waals surface area contributed by atoms with Crippen LogP contribution >= 0.6 is 0 Å². The van der Waals surface area contributed by atoms with E-state index < -0.39 is 43.3 Å². The lowest BCUT2D eigenvalue weighted by Gasteiger charge is -2.33. The normalized spacial score (nSPS) is 35.8. The average Bonchev–Trinajstić information content (AvgIpc) is 3.00. The summed E-state index contributed by atoms with van der Waals surface area (Å²) in [7, 11) is 1.66. The highest BCUT2D eigenvalue weighted by Crippen LogP contribution is 2.34. The van der Waals surface area contributed by atoms with Crippen molar-refractivity contribution in [2.45, 2.75) is 30.8 Å². The third-order valence-corrected chi connectivity index (χ3v) is 3.80. The lowest BCUT2D eigenvalue weighted by Crippen LogP contribution is -2.57. The van der Waals surface area contributed by atoms with Crippen LogP contribution < -0.4 is 16.0 Å². The van der Waals surface area contributed by atoms with Gasteiger partial charge in [-0.25, -0.2) is 4.98 Å². The number of aliphatic hydroxyl groups excluding tert-OH is 3. The number of carbonyl (C=O) groups is 1. The van der Waals surface area contributed by atoms with Crippen molar-refractivity contribution in [1.29, 1.82) is 0 Å². The molecule has 116 valence electrons. The maximum absolute atomic E-state index is 11.8. The first-order valence-corrected chi connectivity index (χ1v) is 6.44. The zero-order valence-electron chi connectivity index (χ0n) is 11.2. The zero-order chi connectivity index (χ0) is 15.3. The summed E-state index contributed by atoms with van der Waals surface area (Å²) in [5, 5.41) is 31.5. The Labute approximate surface area is 119 Å². The van der Waals surface area contributed by atoms with Gasteiger partial charge in [-0.1, -0.05) is 0 Å². The van der Waals surface area contributed by atoms with Crippen molar-refractivity contribution >= 4 is 11.7 Å². The van der Waals surface area contributed by atoms with Crippen molar-refractivity contribution in [3.63, 3.8) is 0 Å². The topological polar surface area (TPSA) is 146 Å². The maximum Gasteiger partial charge on any atom is 0.276 e. The Morgan fingerprint density at radius 3 is 2.81 bits per heavy atom. The van der Waals surface area contributed by atoms with Gasteiger partial charge in [-0.05, 0) is 0 Å². The summed E-state index contributed by atoms with van der Waals surface area (Å²) in [6, 6.07) is 0. The molecule has 5 atom stereocenters. The van der Waals surface area contributed by atoms with E-state index in [0.29, 0.717) is 5.82 Å². The number of nitrogens with zero attached hydrogens (tertiary/aromatic N) is 3. The Bertz CT molecular complexity index is 563. The molecule has 1 aromatic heterocycles. The van der Waals surface area contributed by atoms with E-state index in [0.717, 1.165) is 0 Å². The van der Waals surface area contributed by atoms with Crippen molar-refractivity contribution in [2.75, 3.05) is 18.6 Å². The molecular weight excluding hydrogens is 282 g/mol. The van der Waals surface area contributed by atoms with E-state index in [4.69, 9.17) is 15.6 Å². The van der Waals surface area contributed by atoms with Gasteiger partial charge in [-0.3, -0.25) is 15.1 Å². The molecule has 6 N–H and O–H groups in total. The number of amides is 1. The van der Waals surface area contributed by atoms with Gasteiger partial charge in [0.25, 0.3) is 5.91 Å². The second-order valence-electron chi connectivity index (χ2n) is 5.08. The summed E-state index contributed by atoms with van der Waals surface area (Å²) in [5.41, 5.74) is 5.94. The van der Waals surface area contributed by atoms with Crippen LogP contribution in [-0.4, -0.2) is 69.0 Å². The molecule has 1 amide bonds. The van der Waals surface area contributed by atoms with E-state index in [2.05, 4.69) is 10.3 Å². The molecule has 2 aliphatic rings. The summed E-state index contributed by atoms with van der Waals surface area (Å²) < 4.78 is 6.87. The number of rotatable bonds is 2. The van der Waals surface area contributed by atoms with Crippen LogP contribution in [0.4, 0.5) is 5.82 Å². The molecule has 10 heteroatoms. The van der Waals surface area contributed by atoms with Crippen molar-refractivity contribution in [2.24, 2.45) is 5.73 Å². The Morgan fingerprint density at radius 2 is 2.19 bits per heavy atom.